The van der Waals surface area contributed by atoms with Crippen molar-refractivity contribution < 1.29 is 9.18 Å². The van der Waals surface area contributed by atoms with Gasteiger partial charge in [-0.05, 0) is 30.3 Å². The standard InChI is InChI=1S/C15H11FN2O/c16-11-5-3-6-12(9-11)17-15(19)14-8-10-4-1-2-7-13(10)18-14/h1-9,18H,(H,17,19). The molecule has 2 aromatic carbocycles. The van der Waals surface area contributed by atoms with Crippen LogP contribution in [0.4, 0.5) is 10.1 Å². The first-order valence-electron chi connectivity index (χ1n) is 5.87. The molecule has 19 heavy (non-hydrogen) atoms. The second-order valence-electron chi connectivity index (χ2n) is 4.23. The first kappa shape index (κ1) is 11.5. The van der Waals surface area contributed by atoms with E-state index in [-0.39, 0.29) is 11.7 Å². The molecule has 0 unspecified atom stereocenters. The van der Waals surface area contributed by atoms with E-state index in [4.69, 9.17) is 0 Å². The van der Waals surface area contributed by atoms with Crippen LogP contribution in [0.2, 0.25) is 0 Å². The molecule has 0 spiro atoms. The lowest BCUT2D eigenvalue weighted by molar-refractivity contribution is 0.102. The maximum absolute atomic E-state index is 13.0. The molecule has 0 atom stereocenters. The summed E-state index contributed by atoms with van der Waals surface area (Å²) < 4.78 is 13.0. The number of carbonyl (C=O) groups is 1. The zero-order chi connectivity index (χ0) is 13.2. The molecule has 0 saturated heterocycles. The van der Waals surface area contributed by atoms with E-state index in [0.29, 0.717) is 11.4 Å². The molecule has 94 valence electrons. The molecule has 2 N–H and O–H groups in total. The van der Waals surface area contributed by atoms with Gasteiger partial charge >= 0.3 is 0 Å². The summed E-state index contributed by atoms with van der Waals surface area (Å²) in [5, 5.41) is 3.61. The van der Waals surface area contributed by atoms with Gasteiger partial charge in [0.1, 0.15) is 11.5 Å². The van der Waals surface area contributed by atoms with Gasteiger partial charge < -0.3 is 10.3 Å². The molecular weight excluding hydrogens is 243 g/mol. The van der Waals surface area contributed by atoms with Crippen molar-refractivity contribution in [2.75, 3.05) is 5.32 Å². The SMILES string of the molecule is O=C(Nc1cccc(F)c1)c1cc2ccccc2[nH]1. The number of anilines is 1. The average molecular weight is 254 g/mol. The Labute approximate surface area is 109 Å². The molecular formula is C15H11FN2O. The van der Waals surface area contributed by atoms with Crippen molar-refractivity contribution in [1.82, 2.24) is 4.98 Å². The van der Waals surface area contributed by atoms with Crippen LogP contribution in [0.3, 0.4) is 0 Å². The highest BCUT2D eigenvalue weighted by Gasteiger charge is 2.09. The van der Waals surface area contributed by atoms with Crippen LogP contribution in [0.25, 0.3) is 10.9 Å². The third-order valence-corrected chi connectivity index (χ3v) is 2.86. The Kier molecular flexibility index (Phi) is 2.76. The lowest BCUT2D eigenvalue weighted by Gasteiger charge is -2.03. The molecule has 0 saturated carbocycles. The zero-order valence-electron chi connectivity index (χ0n) is 9.98. The number of carbonyl (C=O) groups excluding carboxylic acids is 1. The van der Waals surface area contributed by atoms with E-state index in [1.165, 1.54) is 12.1 Å². The predicted octanol–water partition coefficient (Wildman–Crippen LogP) is 3.56. The average Bonchev–Trinajstić information content (AvgIpc) is 2.82. The lowest BCUT2D eigenvalue weighted by Crippen LogP contribution is -2.12. The number of rotatable bonds is 2. The maximum atomic E-state index is 13.0. The number of benzene rings is 2. The van der Waals surface area contributed by atoms with Crippen LogP contribution in [0.5, 0.6) is 0 Å². The van der Waals surface area contributed by atoms with E-state index in [1.807, 2.05) is 24.3 Å². The molecule has 0 fully saturated rings. The molecule has 3 aromatic rings. The number of H-pyrrole nitrogens is 1. The first-order valence-corrected chi connectivity index (χ1v) is 5.87. The smallest absolute Gasteiger partial charge is 0.272 e. The minimum atomic E-state index is -0.380. The normalized spacial score (nSPS) is 10.6. The minimum Gasteiger partial charge on any atom is -0.351 e. The lowest BCUT2D eigenvalue weighted by atomic mass is 10.2. The highest BCUT2D eigenvalue weighted by atomic mass is 19.1. The summed E-state index contributed by atoms with van der Waals surface area (Å²) in [6.45, 7) is 0. The fourth-order valence-corrected chi connectivity index (χ4v) is 1.96. The van der Waals surface area contributed by atoms with Crippen LogP contribution < -0.4 is 5.32 Å². The Bertz CT molecular complexity index is 715. The van der Waals surface area contributed by atoms with Crippen LogP contribution in [-0.4, -0.2) is 10.9 Å². The summed E-state index contributed by atoms with van der Waals surface area (Å²) in [5.74, 6) is -0.670. The number of halogens is 1. The monoisotopic (exact) mass is 254 g/mol. The van der Waals surface area contributed by atoms with Gasteiger partial charge in [-0.25, -0.2) is 4.39 Å². The molecule has 1 heterocycles. The van der Waals surface area contributed by atoms with Crippen molar-refractivity contribution in [3.05, 3.63) is 66.1 Å². The summed E-state index contributed by atoms with van der Waals surface area (Å²) >= 11 is 0. The Morgan fingerprint density at radius 3 is 2.68 bits per heavy atom. The van der Waals surface area contributed by atoms with Crippen molar-refractivity contribution in [3.63, 3.8) is 0 Å². The molecule has 3 rings (SSSR count). The van der Waals surface area contributed by atoms with Gasteiger partial charge in [-0.2, -0.15) is 0 Å². The summed E-state index contributed by atoms with van der Waals surface area (Å²) in [7, 11) is 0. The van der Waals surface area contributed by atoms with Crippen LogP contribution in [0.1, 0.15) is 10.5 Å². The molecule has 4 heteroatoms. The molecule has 1 amide bonds. The van der Waals surface area contributed by atoms with E-state index in [2.05, 4.69) is 10.3 Å². The van der Waals surface area contributed by atoms with Gasteiger partial charge in [0.2, 0.25) is 0 Å². The van der Waals surface area contributed by atoms with E-state index in [0.717, 1.165) is 10.9 Å². The Balaban J connectivity index is 1.87. The summed E-state index contributed by atoms with van der Waals surface area (Å²) in [6, 6.07) is 15.2. The second kappa shape index (κ2) is 4.57. The Hall–Kier alpha value is -2.62. The van der Waals surface area contributed by atoms with Crippen molar-refractivity contribution in [3.8, 4) is 0 Å². The van der Waals surface area contributed by atoms with Crippen LogP contribution in [0, 0.1) is 5.82 Å². The number of hydrogen-bond donors (Lipinski definition) is 2. The van der Waals surface area contributed by atoms with E-state index in [9.17, 15) is 9.18 Å². The minimum absolute atomic E-state index is 0.290. The Morgan fingerprint density at radius 2 is 1.89 bits per heavy atom. The maximum Gasteiger partial charge on any atom is 0.272 e. The largest absolute Gasteiger partial charge is 0.351 e. The molecule has 1 aromatic heterocycles. The van der Waals surface area contributed by atoms with Gasteiger partial charge in [-0.3, -0.25) is 4.79 Å². The number of aromatic nitrogens is 1. The highest BCUT2D eigenvalue weighted by molar-refractivity contribution is 6.05. The number of aromatic amines is 1. The van der Waals surface area contributed by atoms with Crippen molar-refractivity contribution >= 4 is 22.5 Å². The van der Waals surface area contributed by atoms with Gasteiger partial charge in [-0.1, -0.05) is 24.3 Å². The number of nitrogens with one attached hydrogen (secondary N) is 2. The van der Waals surface area contributed by atoms with Gasteiger partial charge in [-0.15, -0.1) is 0 Å². The Morgan fingerprint density at radius 1 is 1.05 bits per heavy atom. The molecule has 0 bridgehead atoms. The predicted molar refractivity (Wildman–Crippen MR) is 72.7 cm³/mol. The van der Waals surface area contributed by atoms with Gasteiger partial charge in [0, 0.05) is 16.6 Å². The third-order valence-electron chi connectivity index (χ3n) is 2.86. The molecule has 0 radical (unpaired) electrons. The van der Waals surface area contributed by atoms with E-state index < -0.39 is 0 Å². The number of fused-ring (bicyclic) bond motifs is 1. The molecule has 3 nitrogen and oxygen atoms in total. The van der Waals surface area contributed by atoms with Gasteiger partial charge in [0.15, 0.2) is 0 Å². The third kappa shape index (κ3) is 2.33. The summed E-state index contributed by atoms with van der Waals surface area (Å²) in [4.78, 5) is 15.1. The fraction of sp³-hybridized carbons (Fsp3) is 0. The highest BCUT2D eigenvalue weighted by Crippen LogP contribution is 2.16. The molecule has 0 aliphatic rings. The van der Waals surface area contributed by atoms with Gasteiger partial charge in [0.05, 0.1) is 0 Å². The number of amides is 1. The fourth-order valence-electron chi connectivity index (χ4n) is 1.96. The van der Waals surface area contributed by atoms with Crippen LogP contribution >= 0.6 is 0 Å². The van der Waals surface area contributed by atoms with Crippen LogP contribution in [-0.2, 0) is 0 Å². The zero-order valence-corrected chi connectivity index (χ0v) is 9.98. The summed E-state index contributed by atoms with van der Waals surface area (Å²) in [6.07, 6.45) is 0. The van der Waals surface area contributed by atoms with Crippen LogP contribution in [0.15, 0.2) is 54.6 Å². The second-order valence-corrected chi connectivity index (χ2v) is 4.23. The molecule has 0 aliphatic carbocycles. The van der Waals surface area contributed by atoms with Crippen molar-refractivity contribution in [2.45, 2.75) is 0 Å². The van der Waals surface area contributed by atoms with Gasteiger partial charge in [0.25, 0.3) is 5.91 Å². The topological polar surface area (TPSA) is 44.9 Å². The number of hydrogen-bond acceptors (Lipinski definition) is 1. The van der Waals surface area contributed by atoms with E-state index >= 15 is 0 Å². The van der Waals surface area contributed by atoms with Crippen molar-refractivity contribution in [2.24, 2.45) is 0 Å². The van der Waals surface area contributed by atoms with Crippen molar-refractivity contribution in [1.29, 1.82) is 0 Å². The van der Waals surface area contributed by atoms with E-state index in [1.54, 1.807) is 18.2 Å². The summed E-state index contributed by atoms with van der Waals surface area (Å²) in [5.41, 5.74) is 1.78. The quantitative estimate of drug-likeness (QED) is 0.721. The molecule has 0 aliphatic heterocycles. The number of para-hydroxylation sites is 1. The first-order chi connectivity index (χ1) is 9.22.